The normalized spacial score (nSPS) is 11.9. The maximum absolute atomic E-state index is 5.41. The summed E-state index contributed by atoms with van der Waals surface area (Å²) in [6.07, 6.45) is 7.30. The fourth-order valence-corrected chi connectivity index (χ4v) is 2.09. The summed E-state index contributed by atoms with van der Waals surface area (Å²) >= 11 is 0. The van der Waals surface area contributed by atoms with Gasteiger partial charge in [-0.2, -0.15) is 0 Å². The molecule has 0 spiro atoms. The number of aryl methyl sites for hydroxylation is 2. The van der Waals surface area contributed by atoms with Gasteiger partial charge in [-0.15, -0.1) is 12.3 Å². The molecule has 86 valence electrons. The van der Waals surface area contributed by atoms with Gasteiger partial charge in [0, 0.05) is 6.42 Å². The lowest BCUT2D eigenvalue weighted by atomic mass is 9.89. The van der Waals surface area contributed by atoms with Crippen LogP contribution in [0.5, 0.6) is 5.75 Å². The SMILES string of the molecule is C#CCC(CC)c1cc(C)c(OC)cc1C. The van der Waals surface area contributed by atoms with Crippen LogP contribution in [0.15, 0.2) is 12.1 Å². The summed E-state index contributed by atoms with van der Waals surface area (Å²) in [4.78, 5) is 0. The molecule has 1 aromatic carbocycles. The van der Waals surface area contributed by atoms with Crippen LogP contribution >= 0.6 is 0 Å². The number of rotatable bonds is 4. The van der Waals surface area contributed by atoms with E-state index < -0.39 is 0 Å². The van der Waals surface area contributed by atoms with Crippen LogP contribution in [-0.2, 0) is 0 Å². The van der Waals surface area contributed by atoms with Crippen molar-refractivity contribution in [2.75, 3.05) is 7.11 Å². The van der Waals surface area contributed by atoms with Crippen molar-refractivity contribution in [1.29, 1.82) is 0 Å². The van der Waals surface area contributed by atoms with E-state index in [1.54, 1.807) is 7.11 Å². The number of terminal acetylenes is 1. The molecule has 1 aromatic rings. The predicted molar refractivity (Wildman–Crippen MR) is 69.0 cm³/mol. The Labute approximate surface area is 98.8 Å². The Morgan fingerprint density at radius 2 is 2.00 bits per heavy atom. The van der Waals surface area contributed by atoms with E-state index in [1.165, 1.54) is 16.7 Å². The van der Waals surface area contributed by atoms with Crippen LogP contribution in [0, 0.1) is 26.2 Å². The lowest BCUT2D eigenvalue weighted by Gasteiger charge is -2.17. The molecule has 0 aliphatic rings. The molecule has 1 nitrogen and oxygen atoms in total. The van der Waals surface area contributed by atoms with E-state index in [4.69, 9.17) is 11.2 Å². The second-order valence-electron chi connectivity index (χ2n) is 4.19. The van der Waals surface area contributed by atoms with E-state index in [9.17, 15) is 0 Å². The second-order valence-corrected chi connectivity index (χ2v) is 4.19. The molecule has 0 bridgehead atoms. The summed E-state index contributed by atoms with van der Waals surface area (Å²) in [6.45, 7) is 6.38. The van der Waals surface area contributed by atoms with E-state index >= 15 is 0 Å². The van der Waals surface area contributed by atoms with Crippen LogP contribution in [0.4, 0.5) is 0 Å². The first kappa shape index (κ1) is 12.6. The molecule has 0 amide bonds. The zero-order valence-corrected chi connectivity index (χ0v) is 10.6. The van der Waals surface area contributed by atoms with Gasteiger partial charge in [0.15, 0.2) is 0 Å². The predicted octanol–water partition coefficient (Wildman–Crippen LogP) is 3.83. The average Bonchev–Trinajstić information content (AvgIpc) is 2.28. The van der Waals surface area contributed by atoms with Gasteiger partial charge >= 0.3 is 0 Å². The van der Waals surface area contributed by atoms with E-state index in [0.717, 1.165) is 18.6 Å². The minimum Gasteiger partial charge on any atom is -0.496 e. The molecule has 0 radical (unpaired) electrons. The van der Waals surface area contributed by atoms with E-state index in [2.05, 4.69) is 38.8 Å². The molecule has 16 heavy (non-hydrogen) atoms. The number of benzene rings is 1. The minimum atomic E-state index is 0.467. The summed E-state index contributed by atoms with van der Waals surface area (Å²) < 4.78 is 5.31. The number of methoxy groups -OCH3 is 1. The maximum Gasteiger partial charge on any atom is 0.122 e. The van der Waals surface area contributed by atoms with Crippen LogP contribution in [-0.4, -0.2) is 7.11 Å². The molecule has 1 unspecified atom stereocenters. The second kappa shape index (κ2) is 5.61. The first-order valence-electron chi connectivity index (χ1n) is 5.72. The van der Waals surface area contributed by atoms with Crippen LogP contribution < -0.4 is 4.74 Å². The van der Waals surface area contributed by atoms with E-state index in [1.807, 2.05) is 0 Å². The Morgan fingerprint density at radius 1 is 1.31 bits per heavy atom. The van der Waals surface area contributed by atoms with Gasteiger partial charge in [-0.05, 0) is 48.9 Å². The Morgan fingerprint density at radius 3 is 2.50 bits per heavy atom. The highest BCUT2D eigenvalue weighted by Crippen LogP contribution is 2.30. The van der Waals surface area contributed by atoms with Gasteiger partial charge in [-0.25, -0.2) is 0 Å². The molecule has 1 rings (SSSR count). The van der Waals surface area contributed by atoms with Crippen molar-refractivity contribution < 1.29 is 4.74 Å². The summed E-state index contributed by atoms with van der Waals surface area (Å²) in [5.74, 6) is 4.18. The fraction of sp³-hybridized carbons (Fsp3) is 0.467. The smallest absolute Gasteiger partial charge is 0.122 e. The molecule has 1 heteroatoms. The number of hydrogen-bond acceptors (Lipinski definition) is 1. The number of hydrogen-bond donors (Lipinski definition) is 0. The van der Waals surface area contributed by atoms with Gasteiger partial charge in [-0.1, -0.05) is 13.0 Å². The van der Waals surface area contributed by atoms with Crippen molar-refractivity contribution in [1.82, 2.24) is 0 Å². The highest BCUT2D eigenvalue weighted by molar-refractivity contribution is 5.43. The summed E-state index contributed by atoms with van der Waals surface area (Å²) in [5.41, 5.74) is 3.81. The topological polar surface area (TPSA) is 9.23 Å². The first-order chi connectivity index (χ1) is 7.63. The van der Waals surface area contributed by atoms with Crippen LogP contribution in [0.2, 0.25) is 0 Å². The molecular weight excluding hydrogens is 196 g/mol. The van der Waals surface area contributed by atoms with Gasteiger partial charge in [0.2, 0.25) is 0 Å². The molecule has 0 aliphatic heterocycles. The molecule has 1 atom stereocenters. The third-order valence-corrected chi connectivity index (χ3v) is 3.08. The molecule has 0 saturated carbocycles. The first-order valence-corrected chi connectivity index (χ1v) is 5.72. The van der Waals surface area contributed by atoms with Gasteiger partial charge in [0.25, 0.3) is 0 Å². The Hall–Kier alpha value is -1.42. The molecule has 0 aromatic heterocycles. The van der Waals surface area contributed by atoms with Crippen molar-refractivity contribution >= 4 is 0 Å². The number of ether oxygens (including phenoxy) is 1. The minimum absolute atomic E-state index is 0.467. The summed E-state index contributed by atoms with van der Waals surface area (Å²) in [7, 11) is 1.71. The van der Waals surface area contributed by atoms with Gasteiger partial charge in [0.05, 0.1) is 7.11 Å². The third-order valence-electron chi connectivity index (χ3n) is 3.08. The lowest BCUT2D eigenvalue weighted by molar-refractivity contribution is 0.411. The average molecular weight is 216 g/mol. The fourth-order valence-electron chi connectivity index (χ4n) is 2.09. The van der Waals surface area contributed by atoms with Gasteiger partial charge < -0.3 is 4.74 Å². The zero-order chi connectivity index (χ0) is 12.1. The van der Waals surface area contributed by atoms with Crippen LogP contribution in [0.25, 0.3) is 0 Å². The van der Waals surface area contributed by atoms with Crippen molar-refractivity contribution in [2.24, 2.45) is 0 Å². The molecule has 0 heterocycles. The molecule has 0 N–H and O–H groups in total. The van der Waals surface area contributed by atoms with Gasteiger partial charge in [-0.3, -0.25) is 0 Å². The highest BCUT2D eigenvalue weighted by atomic mass is 16.5. The van der Waals surface area contributed by atoms with Gasteiger partial charge in [0.1, 0.15) is 5.75 Å². The van der Waals surface area contributed by atoms with Crippen molar-refractivity contribution in [2.45, 2.75) is 39.5 Å². The maximum atomic E-state index is 5.41. The van der Waals surface area contributed by atoms with E-state index in [-0.39, 0.29) is 0 Å². The molecule has 0 saturated heterocycles. The van der Waals surface area contributed by atoms with Crippen molar-refractivity contribution in [3.8, 4) is 18.1 Å². The quantitative estimate of drug-likeness (QED) is 0.695. The Balaban J connectivity index is 3.14. The summed E-state index contributed by atoms with van der Waals surface area (Å²) in [6, 6.07) is 4.31. The van der Waals surface area contributed by atoms with E-state index in [0.29, 0.717) is 5.92 Å². The zero-order valence-electron chi connectivity index (χ0n) is 10.6. The largest absolute Gasteiger partial charge is 0.496 e. The standard InChI is InChI=1S/C15H20O/c1-6-8-13(7-2)14-9-12(4)15(16-5)10-11(14)3/h1,9-10,13H,7-8H2,2-5H3. The Kier molecular flexibility index (Phi) is 4.43. The summed E-state index contributed by atoms with van der Waals surface area (Å²) in [5, 5.41) is 0. The highest BCUT2D eigenvalue weighted by Gasteiger charge is 2.13. The van der Waals surface area contributed by atoms with Crippen molar-refractivity contribution in [3.05, 3.63) is 28.8 Å². The molecule has 0 aliphatic carbocycles. The van der Waals surface area contributed by atoms with Crippen molar-refractivity contribution in [3.63, 3.8) is 0 Å². The van der Waals surface area contributed by atoms with Crippen LogP contribution in [0.1, 0.15) is 42.4 Å². The molecular formula is C15H20O. The van der Waals surface area contributed by atoms with Crippen LogP contribution in [0.3, 0.4) is 0 Å². The third kappa shape index (κ3) is 2.58. The Bertz CT molecular complexity index is 399. The molecule has 0 fully saturated rings. The monoisotopic (exact) mass is 216 g/mol. The lowest BCUT2D eigenvalue weighted by Crippen LogP contribution is -2.01.